The summed E-state index contributed by atoms with van der Waals surface area (Å²) in [6.45, 7) is 11.6. The van der Waals surface area contributed by atoms with Gasteiger partial charge in [-0.2, -0.15) is 0 Å². The van der Waals surface area contributed by atoms with E-state index in [1.165, 1.54) is 5.56 Å². The molecule has 0 bridgehead atoms. The molecular weight excluding hydrogens is 246 g/mol. The maximum Gasteiger partial charge on any atom is 0.129 e. The summed E-state index contributed by atoms with van der Waals surface area (Å²) in [5, 5.41) is 0. The zero-order chi connectivity index (χ0) is 14.8. The van der Waals surface area contributed by atoms with Gasteiger partial charge in [-0.05, 0) is 36.0 Å². The number of nitrogens with two attached hydrogens (primary N) is 1. The zero-order valence-corrected chi connectivity index (χ0v) is 13.2. The van der Waals surface area contributed by atoms with E-state index in [0.717, 1.165) is 37.4 Å². The molecule has 2 rings (SSSR count). The third-order valence-corrected chi connectivity index (χ3v) is 4.02. The third kappa shape index (κ3) is 3.40. The van der Waals surface area contributed by atoms with E-state index in [1.54, 1.807) is 5.57 Å². The summed E-state index contributed by atoms with van der Waals surface area (Å²) in [6, 6.07) is 4.25. The lowest BCUT2D eigenvalue weighted by Crippen LogP contribution is -2.32. The van der Waals surface area contributed by atoms with Crippen LogP contribution in [0.1, 0.15) is 45.4 Å². The van der Waals surface area contributed by atoms with Crippen LogP contribution in [-0.2, 0) is 13.0 Å². The van der Waals surface area contributed by atoms with Crippen molar-refractivity contribution in [3.63, 3.8) is 0 Å². The van der Waals surface area contributed by atoms with E-state index >= 15 is 0 Å². The van der Waals surface area contributed by atoms with Gasteiger partial charge in [0.25, 0.3) is 0 Å². The molecule has 1 aromatic rings. The monoisotopic (exact) mass is 273 g/mol. The van der Waals surface area contributed by atoms with Crippen LogP contribution in [0, 0.1) is 5.41 Å². The number of hydrogen-bond donors (Lipinski definition) is 1. The second-order valence-electron chi connectivity index (χ2n) is 6.56. The molecule has 1 aliphatic rings. The van der Waals surface area contributed by atoms with E-state index in [0.29, 0.717) is 6.54 Å². The lowest BCUT2D eigenvalue weighted by atomic mass is 9.83. The van der Waals surface area contributed by atoms with Crippen molar-refractivity contribution < 1.29 is 0 Å². The van der Waals surface area contributed by atoms with Gasteiger partial charge in [-0.25, -0.2) is 4.98 Å². The number of nitrogens with zero attached hydrogens (tertiary/aromatic N) is 2. The summed E-state index contributed by atoms with van der Waals surface area (Å²) >= 11 is 0. The molecule has 0 fully saturated rings. The summed E-state index contributed by atoms with van der Waals surface area (Å²) in [5.41, 5.74) is 9.94. The fourth-order valence-corrected chi connectivity index (χ4v) is 2.65. The Morgan fingerprint density at radius 2 is 2.05 bits per heavy atom. The van der Waals surface area contributed by atoms with Crippen molar-refractivity contribution in [1.82, 2.24) is 4.98 Å². The van der Waals surface area contributed by atoms with Crippen molar-refractivity contribution in [3.8, 4) is 0 Å². The van der Waals surface area contributed by atoms with E-state index in [-0.39, 0.29) is 5.41 Å². The van der Waals surface area contributed by atoms with Gasteiger partial charge in [-0.3, -0.25) is 0 Å². The van der Waals surface area contributed by atoms with E-state index in [4.69, 9.17) is 10.7 Å². The normalized spacial score (nSPS) is 16.2. The topological polar surface area (TPSA) is 42.1 Å². The van der Waals surface area contributed by atoms with Gasteiger partial charge in [0.1, 0.15) is 5.82 Å². The van der Waals surface area contributed by atoms with Crippen LogP contribution in [0.4, 0.5) is 5.82 Å². The van der Waals surface area contributed by atoms with Crippen LogP contribution in [0.3, 0.4) is 0 Å². The quantitative estimate of drug-likeness (QED) is 0.859. The number of anilines is 1. The Labute approximate surface area is 122 Å². The highest BCUT2D eigenvalue weighted by molar-refractivity contribution is 5.45. The molecule has 0 unspecified atom stereocenters. The first-order chi connectivity index (χ1) is 9.44. The minimum atomic E-state index is 0.285. The predicted molar refractivity (Wildman–Crippen MR) is 85.9 cm³/mol. The third-order valence-electron chi connectivity index (χ3n) is 4.02. The molecule has 0 spiro atoms. The van der Waals surface area contributed by atoms with Gasteiger partial charge in [0, 0.05) is 25.3 Å². The first-order valence-electron chi connectivity index (χ1n) is 7.58. The Bertz CT molecular complexity index is 475. The smallest absolute Gasteiger partial charge is 0.129 e. The van der Waals surface area contributed by atoms with E-state index < -0.39 is 0 Å². The molecule has 0 aromatic carbocycles. The molecule has 1 aromatic heterocycles. The highest BCUT2D eigenvalue weighted by Gasteiger charge is 2.22. The molecule has 3 nitrogen and oxygen atoms in total. The maximum atomic E-state index is 5.79. The summed E-state index contributed by atoms with van der Waals surface area (Å²) < 4.78 is 0. The van der Waals surface area contributed by atoms with Gasteiger partial charge in [-0.15, -0.1) is 0 Å². The van der Waals surface area contributed by atoms with Crippen LogP contribution in [0.25, 0.3) is 0 Å². The Hall–Kier alpha value is -1.35. The minimum absolute atomic E-state index is 0.285. The molecule has 20 heavy (non-hydrogen) atoms. The van der Waals surface area contributed by atoms with Crippen molar-refractivity contribution in [1.29, 1.82) is 0 Å². The van der Waals surface area contributed by atoms with Gasteiger partial charge in [-0.1, -0.05) is 39.3 Å². The molecular formula is C17H27N3. The summed E-state index contributed by atoms with van der Waals surface area (Å²) in [4.78, 5) is 7.11. The van der Waals surface area contributed by atoms with Crippen LogP contribution in [0.15, 0.2) is 23.8 Å². The Morgan fingerprint density at radius 3 is 2.55 bits per heavy atom. The average molecular weight is 273 g/mol. The average Bonchev–Trinajstić information content (AvgIpc) is 2.46. The largest absolute Gasteiger partial charge is 0.353 e. The van der Waals surface area contributed by atoms with Gasteiger partial charge < -0.3 is 10.6 Å². The van der Waals surface area contributed by atoms with Crippen LogP contribution in [0.2, 0.25) is 0 Å². The SMILES string of the molecule is CCc1cc(CN)cc(N2CC=C(C(C)(C)C)CC2)n1. The Kier molecular flexibility index (Phi) is 4.48. The highest BCUT2D eigenvalue weighted by atomic mass is 15.2. The van der Waals surface area contributed by atoms with E-state index in [1.807, 2.05) is 0 Å². The zero-order valence-electron chi connectivity index (χ0n) is 13.2. The summed E-state index contributed by atoms with van der Waals surface area (Å²) in [6.07, 6.45) is 4.45. The molecule has 2 N–H and O–H groups in total. The first kappa shape index (κ1) is 15.0. The lowest BCUT2D eigenvalue weighted by molar-refractivity contribution is 0.472. The van der Waals surface area contributed by atoms with Gasteiger partial charge >= 0.3 is 0 Å². The number of aromatic nitrogens is 1. The van der Waals surface area contributed by atoms with E-state index in [2.05, 4.69) is 50.8 Å². The predicted octanol–water partition coefficient (Wildman–Crippen LogP) is 3.29. The fraction of sp³-hybridized carbons (Fsp3) is 0.588. The van der Waals surface area contributed by atoms with E-state index in [9.17, 15) is 0 Å². The number of aryl methyl sites for hydroxylation is 1. The second-order valence-corrected chi connectivity index (χ2v) is 6.56. The van der Waals surface area contributed by atoms with Crippen LogP contribution >= 0.6 is 0 Å². The van der Waals surface area contributed by atoms with Crippen molar-refractivity contribution in [2.75, 3.05) is 18.0 Å². The molecule has 110 valence electrons. The molecule has 0 saturated heterocycles. The lowest BCUT2D eigenvalue weighted by Gasteiger charge is -2.33. The number of rotatable bonds is 3. The molecule has 0 saturated carbocycles. The number of hydrogen-bond acceptors (Lipinski definition) is 3. The molecule has 1 aliphatic heterocycles. The van der Waals surface area contributed by atoms with Crippen molar-refractivity contribution in [3.05, 3.63) is 35.0 Å². The Balaban J connectivity index is 2.20. The van der Waals surface area contributed by atoms with Crippen molar-refractivity contribution in [2.24, 2.45) is 11.1 Å². The summed E-state index contributed by atoms with van der Waals surface area (Å²) in [5.74, 6) is 1.08. The molecule has 0 radical (unpaired) electrons. The number of pyridine rings is 1. The van der Waals surface area contributed by atoms with Crippen molar-refractivity contribution >= 4 is 5.82 Å². The second kappa shape index (κ2) is 5.96. The van der Waals surface area contributed by atoms with Crippen LogP contribution in [-0.4, -0.2) is 18.1 Å². The van der Waals surface area contributed by atoms with Gasteiger partial charge in [0.15, 0.2) is 0 Å². The molecule has 2 heterocycles. The van der Waals surface area contributed by atoms with Gasteiger partial charge in [0.2, 0.25) is 0 Å². The maximum absolute atomic E-state index is 5.79. The van der Waals surface area contributed by atoms with Gasteiger partial charge in [0.05, 0.1) is 0 Å². The highest BCUT2D eigenvalue weighted by Crippen LogP contribution is 2.31. The van der Waals surface area contributed by atoms with Crippen molar-refractivity contribution in [2.45, 2.75) is 47.1 Å². The molecule has 0 atom stereocenters. The first-order valence-corrected chi connectivity index (χ1v) is 7.58. The standard InChI is InChI=1S/C17H27N3/c1-5-15-10-13(12-18)11-16(19-15)20-8-6-14(7-9-20)17(2,3)4/h6,10-11H,5,7-9,12,18H2,1-4H3. The molecule has 0 amide bonds. The minimum Gasteiger partial charge on any atom is -0.353 e. The Morgan fingerprint density at radius 1 is 1.30 bits per heavy atom. The summed E-state index contributed by atoms with van der Waals surface area (Å²) in [7, 11) is 0. The molecule has 0 aliphatic carbocycles. The van der Waals surface area contributed by atoms with Crippen LogP contribution in [0.5, 0.6) is 0 Å². The van der Waals surface area contributed by atoms with Crippen LogP contribution < -0.4 is 10.6 Å². The molecule has 3 heteroatoms. The fourth-order valence-electron chi connectivity index (χ4n) is 2.65.